The van der Waals surface area contributed by atoms with Crippen molar-refractivity contribution < 1.29 is 5.11 Å². The van der Waals surface area contributed by atoms with E-state index in [9.17, 15) is 5.11 Å². The highest BCUT2D eigenvalue weighted by atomic mass is 32.2. The number of rotatable bonds is 2. The quantitative estimate of drug-likeness (QED) is 0.783. The van der Waals surface area contributed by atoms with Crippen molar-refractivity contribution in [2.24, 2.45) is 0 Å². The van der Waals surface area contributed by atoms with Crippen LogP contribution in [0.1, 0.15) is 24.6 Å². The monoisotopic (exact) mass is 311 g/mol. The molecule has 1 saturated heterocycles. The van der Waals surface area contributed by atoms with E-state index in [-0.39, 0.29) is 5.75 Å². The van der Waals surface area contributed by atoms with Gasteiger partial charge in [0.2, 0.25) is 0 Å². The highest BCUT2D eigenvalue weighted by Gasteiger charge is 2.24. The lowest BCUT2D eigenvalue weighted by atomic mass is 10.0. The van der Waals surface area contributed by atoms with E-state index < -0.39 is 0 Å². The molecule has 0 aliphatic carbocycles. The molecule has 3 aromatic rings. The molecule has 22 heavy (non-hydrogen) atoms. The van der Waals surface area contributed by atoms with E-state index in [0.717, 1.165) is 34.8 Å². The Balaban J connectivity index is 1.93. The first kappa shape index (κ1) is 13.6. The summed E-state index contributed by atoms with van der Waals surface area (Å²) in [6.07, 6.45) is 4.18. The van der Waals surface area contributed by atoms with Gasteiger partial charge in [0.25, 0.3) is 0 Å². The van der Waals surface area contributed by atoms with E-state index in [2.05, 4.69) is 9.55 Å². The minimum absolute atomic E-state index is 0.263. The number of imidazole rings is 1. The largest absolute Gasteiger partial charge is 0.508 e. The molecule has 1 atom stereocenters. The van der Waals surface area contributed by atoms with Gasteiger partial charge >= 0.3 is 0 Å². The van der Waals surface area contributed by atoms with E-state index in [1.807, 2.05) is 36.0 Å². The molecule has 2 aromatic heterocycles. The molecule has 4 nitrogen and oxygen atoms in total. The first-order valence-electron chi connectivity index (χ1n) is 7.53. The number of hydrogen-bond acceptors (Lipinski definition) is 4. The number of benzene rings is 1. The maximum Gasteiger partial charge on any atom is 0.164 e. The highest BCUT2D eigenvalue weighted by molar-refractivity contribution is 7.99. The molecule has 0 amide bonds. The van der Waals surface area contributed by atoms with Crippen molar-refractivity contribution in [1.82, 2.24) is 14.5 Å². The van der Waals surface area contributed by atoms with Gasteiger partial charge in [0, 0.05) is 23.9 Å². The zero-order valence-corrected chi connectivity index (χ0v) is 13.0. The molecule has 1 aromatic carbocycles. The smallest absolute Gasteiger partial charge is 0.164 e. The second-order valence-corrected chi connectivity index (χ2v) is 6.74. The third-order valence-corrected chi connectivity index (χ3v) is 5.27. The highest BCUT2D eigenvalue weighted by Crippen LogP contribution is 2.34. The fourth-order valence-electron chi connectivity index (χ4n) is 3.03. The van der Waals surface area contributed by atoms with Crippen molar-refractivity contribution in [1.29, 1.82) is 0 Å². The number of fused-ring (bicyclic) bond motifs is 1. The van der Waals surface area contributed by atoms with Crippen LogP contribution in [0, 0.1) is 0 Å². The van der Waals surface area contributed by atoms with Crippen LogP contribution in [0.25, 0.3) is 16.9 Å². The van der Waals surface area contributed by atoms with E-state index >= 15 is 0 Å². The van der Waals surface area contributed by atoms with Crippen molar-refractivity contribution in [3.05, 3.63) is 48.4 Å². The summed E-state index contributed by atoms with van der Waals surface area (Å²) < 4.78 is 2.10. The minimum atomic E-state index is 0.263. The average molecular weight is 311 g/mol. The Morgan fingerprint density at radius 1 is 1.23 bits per heavy atom. The Kier molecular flexibility index (Phi) is 3.50. The van der Waals surface area contributed by atoms with Gasteiger partial charge in [-0.25, -0.2) is 9.97 Å². The predicted octanol–water partition coefficient (Wildman–Crippen LogP) is 3.74. The molecule has 0 saturated carbocycles. The van der Waals surface area contributed by atoms with Crippen LogP contribution < -0.4 is 0 Å². The Morgan fingerprint density at radius 3 is 3.00 bits per heavy atom. The van der Waals surface area contributed by atoms with E-state index in [1.54, 1.807) is 18.3 Å². The SMILES string of the molecule is Oc1cccc(-n2c(C3CCCSC3)nc3cccnc32)c1. The zero-order chi connectivity index (χ0) is 14.9. The van der Waals surface area contributed by atoms with Gasteiger partial charge in [-0.05, 0) is 42.9 Å². The molecule has 1 N–H and O–H groups in total. The molecular formula is C17H17N3OS. The summed E-state index contributed by atoms with van der Waals surface area (Å²) in [4.78, 5) is 9.36. The minimum Gasteiger partial charge on any atom is -0.508 e. The van der Waals surface area contributed by atoms with Crippen LogP contribution in [0.3, 0.4) is 0 Å². The van der Waals surface area contributed by atoms with Gasteiger partial charge in [0.05, 0.1) is 5.69 Å². The topological polar surface area (TPSA) is 50.9 Å². The molecule has 0 radical (unpaired) electrons. The molecule has 112 valence electrons. The van der Waals surface area contributed by atoms with Crippen LogP contribution in [0.4, 0.5) is 0 Å². The molecule has 3 heterocycles. The van der Waals surface area contributed by atoms with Gasteiger partial charge in [-0.15, -0.1) is 0 Å². The van der Waals surface area contributed by atoms with Gasteiger partial charge in [0.15, 0.2) is 5.65 Å². The molecule has 5 heteroatoms. The van der Waals surface area contributed by atoms with Gasteiger partial charge < -0.3 is 5.11 Å². The molecule has 1 aliphatic heterocycles. The van der Waals surface area contributed by atoms with Crippen molar-refractivity contribution >= 4 is 22.9 Å². The van der Waals surface area contributed by atoms with E-state index in [0.29, 0.717) is 5.92 Å². The summed E-state index contributed by atoms with van der Waals surface area (Å²) in [7, 11) is 0. The summed E-state index contributed by atoms with van der Waals surface area (Å²) in [6, 6.07) is 11.2. The van der Waals surface area contributed by atoms with Gasteiger partial charge in [-0.1, -0.05) is 6.07 Å². The molecule has 1 unspecified atom stereocenters. The fraction of sp³-hybridized carbons (Fsp3) is 0.294. The van der Waals surface area contributed by atoms with Crippen LogP contribution in [-0.2, 0) is 0 Å². The van der Waals surface area contributed by atoms with Crippen molar-refractivity contribution in [2.45, 2.75) is 18.8 Å². The van der Waals surface area contributed by atoms with Gasteiger partial charge in [-0.3, -0.25) is 4.57 Å². The molecule has 1 fully saturated rings. The second kappa shape index (κ2) is 5.65. The Labute approximate surface area is 133 Å². The molecule has 1 aliphatic rings. The van der Waals surface area contributed by atoms with Crippen LogP contribution in [-0.4, -0.2) is 31.1 Å². The van der Waals surface area contributed by atoms with E-state index in [4.69, 9.17) is 4.98 Å². The lowest BCUT2D eigenvalue weighted by Crippen LogP contribution is -2.14. The second-order valence-electron chi connectivity index (χ2n) is 5.59. The predicted molar refractivity (Wildman–Crippen MR) is 89.8 cm³/mol. The number of pyridine rings is 1. The number of phenols is 1. The third-order valence-electron chi connectivity index (χ3n) is 4.06. The first-order valence-corrected chi connectivity index (χ1v) is 8.69. The lowest BCUT2D eigenvalue weighted by Gasteiger charge is -2.22. The maximum absolute atomic E-state index is 9.83. The standard InChI is InChI=1S/C17H17N3OS/c21-14-6-1-5-13(10-14)20-16(12-4-3-9-22-11-12)19-15-7-2-8-18-17(15)20/h1-2,5-8,10,12,21H,3-4,9,11H2. The normalized spacial score (nSPS) is 18.6. The summed E-state index contributed by atoms with van der Waals surface area (Å²) >= 11 is 1.99. The van der Waals surface area contributed by atoms with Crippen LogP contribution in [0.2, 0.25) is 0 Å². The number of hydrogen-bond donors (Lipinski definition) is 1. The third kappa shape index (κ3) is 2.35. The first-order chi connectivity index (χ1) is 10.8. The van der Waals surface area contributed by atoms with Crippen LogP contribution in [0.5, 0.6) is 5.75 Å². The van der Waals surface area contributed by atoms with Crippen LogP contribution in [0.15, 0.2) is 42.6 Å². The number of thioether (sulfide) groups is 1. The van der Waals surface area contributed by atoms with E-state index in [1.165, 1.54) is 12.2 Å². The Bertz CT molecular complexity index is 809. The zero-order valence-electron chi connectivity index (χ0n) is 12.1. The summed E-state index contributed by atoms with van der Waals surface area (Å²) in [5.74, 6) is 4.10. The summed E-state index contributed by atoms with van der Waals surface area (Å²) in [6.45, 7) is 0. The summed E-state index contributed by atoms with van der Waals surface area (Å²) in [5.41, 5.74) is 2.70. The van der Waals surface area contributed by atoms with Crippen molar-refractivity contribution in [3.63, 3.8) is 0 Å². The fourth-order valence-corrected chi connectivity index (χ4v) is 4.17. The molecule has 0 bridgehead atoms. The Morgan fingerprint density at radius 2 is 2.18 bits per heavy atom. The lowest BCUT2D eigenvalue weighted by molar-refractivity contribution is 0.475. The van der Waals surface area contributed by atoms with Crippen molar-refractivity contribution in [2.75, 3.05) is 11.5 Å². The average Bonchev–Trinajstić information content (AvgIpc) is 2.95. The number of aromatic nitrogens is 3. The number of phenolic OH excluding ortho intramolecular Hbond substituents is 1. The molecular weight excluding hydrogens is 294 g/mol. The maximum atomic E-state index is 9.83. The summed E-state index contributed by atoms with van der Waals surface area (Å²) in [5, 5.41) is 9.83. The molecule has 0 spiro atoms. The van der Waals surface area contributed by atoms with Gasteiger partial charge in [-0.2, -0.15) is 11.8 Å². The van der Waals surface area contributed by atoms with Crippen LogP contribution >= 0.6 is 11.8 Å². The number of aromatic hydroxyl groups is 1. The van der Waals surface area contributed by atoms with Crippen molar-refractivity contribution in [3.8, 4) is 11.4 Å². The van der Waals surface area contributed by atoms with Gasteiger partial charge in [0.1, 0.15) is 17.1 Å². The Hall–Kier alpha value is -2.01. The molecule has 4 rings (SSSR count). The number of nitrogens with zero attached hydrogens (tertiary/aromatic N) is 3.